The van der Waals surface area contributed by atoms with Crippen LogP contribution in [0.2, 0.25) is 0 Å². The van der Waals surface area contributed by atoms with Gasteiger partial charge in [0.2, 0.25) is 0 Å². The highest BCUT2D eigenvalue weighted by molar-refractivity contribution is 9.10. The molecule has 130 valence electrons. The van der Waals surface area contributed by atoms with Gasteiger partial charge in [-0.05, 0) is 42.5 Å². The fraction of sp³-hybridized carbons (Fsp3) is 0.0556. The van der Waals surface area contributed by atoms with Crippen LogP contribution in [0.3, 0.4) is 0 Å². The summed E-state index contributed by atoms with van der Waals surface area (Å²) in [6.45, 7) is 0.230. The zero-order valence-electron chi connectivity index (χ0n) is 13.4. The van der Waals surface area contributed by atoms with Crippen LogP contribution in [0.4, 0.5) is 5.82 Å². The maximum absolute atomic E-state index is 12.4. The van der Waals surface area contributed by atoms with Gasteiger partial charge < -0.3 is 14.5 Å². The van der Waals surface area contributed by atoms with Gasteiger partial charge in [-0.15, -0.1) is 0 Å². The maximum atomic E-state index is 12.4. The highest BCUT2D eigenvalue weighted by Crippen LogP contribution is 2.18. The Kier molecular flexibility index (Phi) is 4.40. The molecule has 4 aromatic rings. The third-order valence-electron chi connectivity index (χ3n) is 3.61. The van der Waals surface area contributed by atoms with Crippen LogP contribution >= 0.6 is 15.9 Å². The van der Waals surface area contributed by atoms with Crippen molar-refractivity contribution in [1.29, 1.82) is 0 Å². The minimum Gasteiger partial charge on any atom is -0.486 e. The van der Waals surface area contributed by atoms with Gasteiger partial charge in [0.05, 0.1) is 6.20 Å². The average molecular weight is 413 g/mol. The molecule has 3 heterocycles. The first-order chi connectivity index (χ1) is 12.7. The summed E-state index contributed by atoms with van der Waals surface area (Å²) in [6, 6.07) is 14.2. The number of amides is 1. The summed E-state index contributed by atoms with van der Waals surface area (Å²) in [5.41, 5.74) is 0.644. The molecule has 8 heteroatoms. The third-order valence-corrected chi connectivity index (χ3v) is 4.14. The number of carbonyl (C=O) groups excluding carboxylic acids is 1. The number of nitrogens with one attached hydrogen (secondary N) is 1. The first-order valence-electron chi connectivity index (χ1n) is 7.76. The number of benzene rings is 1. The van der Waals surface area contributed by atoms with Crippen LogP contribution in [0.15, 0.2) is 69.8 Å². The van der Waals surface area contributed by atoms with Gasteiger partial charge in [0, 0.05) is 16.7 Å². The standard InChI is InChI=1S/C18H13BrN4O3/c19-12-1-3-13(4-2-12)25-11-14-5-6-15(26-14)18(24)22-17-7-9-20-16-8-10-21-23(16)17/h1-10H,11H2,(H,22,24). The molecule has 0 fully saturated rings. The average Bonchev–Trinajstić information content (AvgIpc) is 3.31. The number of hydrogen-bond acceptors (Lipinski definition) is 5. The van der Waals surface area contributed by atoms with Crippen LogP contribution in [0.5, 0.6) is 5.75 Å². The Bertz CT molecular complexity index is 1060. The Morgan fingerprint density at radius 2 is 1.96 bits per heavy atom. The number of aromatic nitrogens is 3. The van der Waals surface area contributed by atoms with Crippen LogP contribution < -0.4 is 10.1 Å². The summed E-state index contributed by atoms with van der Waals surface area (Å²) in [5, 5.41) is 6.89. The molecule has 0 unspecified atom stereocenters. The van der Waals surface area contributed by atoms with E-state index >= 15 is 0 Å². The Balaban J connectivity index is 1.43. The van der Waals surface area contributed by atoms with Gasteiger partial charge in [-0.1, -0.05) is 15.9 Å². The van der Waals surface area contributed by atoms with Gasteiger partial charge >= 0.3 is 0 Å². The lowest BCUT2D eigenvalue weighted by Gasteiger charge is -2.05. The molecule has 0 saturated heterocycles. The molecule has 0 atom stereocenters. The number of anilines is 1. The number of hydrogen-bond donors (Lipinski definition) is 1. The Morgan fingerprint density at radius 1 is 1.12 bits per heavy atom. The molecule has 0 aliphatic rings. The van der Waals surface area contributed by atoms with Gasteiger partial charge in [0.15, 0.2) is 11.4 Å². The zero-order chi connectivity index (χ0) is 17.9. The largest absolute Gasteiger partial charge is 0.486 e. The van der Waals surface area contributed by atoms with Gasteiger partial charge in [0.1, 0.15) is 23.9 Å². The van der Waals surface area contributed by atoms with E-state index in [9.17, 15) is 4.79 Å². The van der Waals surface area contributed by atoms with Crippen molar-refractivity contribution in [3.05, 3.63) is 76.9 Å². The molecule has 1 N–H and O–H groups in total. The second kappa shape index (κ2) is 7.01. The number of ether oxygens (including phenoxy) is 1. The highest BCUT2D eigenvalue weighted by Gasteiger charge is 2.14. The van der Waals surface area contributed by atoms with Crippen LogP contribution in [-0.2, 0) is 6.61 Å². The van der Waals surface area contributed by atoms with Gasteiger partial charge in [-0.25, -0.2) is 4.98 Å². The molecule has 0 radical (unpaired) electrons. The first-order valence-corrected chi connectivity index (χ1v) is 8.55. The molecule has 0 aliphatic carbocycles. The van der Waals surface area contributed by atoms with Crippen LogP contribution in [0.25, 0.3) is 5.65 Å². The van der Waals surface area contributed by atoms with E-state index in [1.165, 1.54) is 0 Å². The monoisotopic (exact) mass is 412 g/mol. The van der Waals surface area contributed by atoms with Crippen LogP contribution in [0, 0.1) is 0 Å². The van der Waals surface area contributed by atoms with E-state index in [-0.39, 0.29) is 18.3 Å². The molecule has 7 nitrogen and oxygen atoms in total. The SMILES string of the molecule is O=C(Nc1ccnc2ccnn12)c1ccc(COc2ccc(Br)cc2)o1. The van der Waals surface area contributed by atoms with E-state index in [0.717, 1.165) is 4.47 Å². The lowest BCUT2D eigenvalue weighted by atomic mass is 10.3. The predicted octanol–water partition coefficient (Wildman–Crippen LogP) is 3.92. The maximum Gasteiger partial charge on any atom is 0.292 e. The summed E-state index contributed by atoms with van der Waals surface area (Å²) < 4.78 is 13.7. The highest BCUT2D eigenvalue weighted by atomic mass is 79.9. The summed E-state index contributed by atoms with van der Waals surface area (Å²) in [6.07, 6.45) is 3.22. The summed E-state index contributed by atoms with van der Waals surface area (Å²) >= 11 is 3.37. The topological polar surface area (TPSA) is 81.7 Å². The van der Waals surface area contributed by atoms with Crippen LogP contribution in [0.1, 0.15) is 16.3 Å². The fourth-order valence-corrected chi connectivity index (χ4v) is 2.63. The van der Waals surface area contributed by atoms with Gasteiger partial charge in [0.25, 0.3) is 5.91 Å². The van der Waals surface area contributed by atoms with E-state index in [0.29, 0.717) is 23.0 Å². The second-order valence-corrected chi connectivity index (χ2v) is 6.31. The zero-order valence-corrected chi connectivity index (χ0v) is 15.0. The van der Waals surface area contributed by atoms with Crippen molar-refractivity contribution in [2.45, 2.75) is 6.61 Å². The molecule has 0 spiro atoms. The molecular formula is C18H13BrN4O3. The number of nitrogens with zero attached hydrogens (tertiary/aromatic N) is 3. The molecule has 3 aromatic heterocycles. The van der Waals surface area contributed by atoms with Crippen molar-refractivity contribution in [1.82, 2.24) is 14.6 Å². The Morgan fingerprint density at radius 3 is 2.81 bits per heavy atom. The number of rotatable bonds is 5. The van der Waals surface area contributed by atoms with Gasteiger partial charge in [-0.2, -0.15) is 9.61 Å². The smallest absolute Gasteiger partial charge is 0.292 e. The van der Waals surface area contributed by atoms with Crippen molar-refractivity contribution in [3.63, 3.8) is 0 Å². The fourth-order valence-electron chi connectivity index (χ4n) is 2.37. The van der Waals surface area contributed by atoms with Crippen molar-refractivity contribution in [2.75, 3.05) is 5.32 Å². The second-order valence-electron chi connectivity index (χ2n) is 5.39. The normalized spacial score (nSPS) is 10.8. The van der Waals surface area contributed by atoms with E-state index in [1.807, 2.05) is 24.3 Å². The number of carbonyl (C=O) groups is 1. The molecular weight excluding hydrogens is 400 g/mol. The minimum atomic E-state index is -0.372. The Hall–Kier alpha value is -3.13. The molecule has 1 amide bonds. The number of furan rings is 1. The lowest BCUT2D eigenvalue weighted by molar-refractivity contribution is 0.0992. The summed E-state index contributed by atoms with van der Waals surface area (Å²) in [7, 11) is 0. The molecule has 0 aliphatic heterocycles. The minimum absolute atomic E-state index is 0.191. The van der Waals surface area contributed by atoms with E-state index in [4.69, 9.17) is 9.15 Å². The lowest BCUT2D eigenvalue weighted by Crippen LogP contribution is -2.14. The third kappa shape index (κ3) is 3.45. The van der Waals surface area contributed by atoms with Crippen molar-refractivity contribution >= 4 is 33.3 Å². The quantitative estimate of drug-likeness (QED) is 0.537. The molecule has 26 heavy (non-hydrogen) atoms. The molecule has 4 rings (SSSR count). The molecule has 0 bridgehead atoms. The first kappa shape index (κ1) is 16.3. The predicted molar refractivity (Wildman–Crippen MR) is 98.1 cm³/mol. The van der Waals surface area contributed by atoms with E-state index < -0.39 is 0 Å². The molecule has 1 aromatic carbocycles. The summed E-state index contributed by atoms with van der Waals surface area (Å²) in [5.74, 6) is 1.60. The van der Waals surface area contributed by atoms with E-state index in [1.54, 1.807) is 41.2 Å². The Labute approximate surface area is 156 Å². The number of fused-ring (bicyclic) bond motifs is 1. The summed E-state index contributed by atoms with van der Waals surface area (Å²) in [4.78, 5) is 16.5. The van der Waals surface area contributed by atoms with Crippen LogP contribution in [-0.4, -0.2) is 20.5 Å². The van der Waals surface area contributed by atoms with E-state index in [2.05, 4.69) is 31.3 Å². The van der Waals surface area contributed by atoms with Crippen molar-refractivity contribution < 1.29 is 13.9 Å². The molecule has 0 saturated carbocycles. The number of halogens is 1. The van der Waals surface area contributed by atoms with Crippen molar-refractivity contribution in [3.8, 4) is 5.75 Å². The van der Waals surface area contributed by atoms with Crippen molar-refractivity contribution in [2.24, 2.45) is 0 Å². The van der Waals surface area contributed by atoms with Gasteiger partial charge in [-0.3, -0.25) is 4.79 Å².